The maximum Gasteiger partial charge on any atom is 0.413 e. The van der Waals surface area contributed by atoms with Gasteiger partial charge in [0.15, 0.2) is 0 Å². The molecule has 1 saturated carbocycles. The van der Waals surface area contributed by atoms with Crippen LogP contribution in [0.5, 0.6) is 0 Å². The first-order valence-corrected chi connectivity index (χ1v) is 11.7. The Morgan fingerprint density at radius 3 is 2.16 bits per heavy atom. The second-order valence-electron chi connectivity index (χ2n) is 8.38. The van der Waals surface area contributed by atoms with E-state index < -0.39 is 12.0 Å². The zero-order valence-corrected chi connectivity index (χ0v) is 22.2. The number of carbonyl (C=O) groups is 3. The van der Waals surface area contributed by atoms with E-state index in [1.807, 2.05) is 73.9 Å². The molecule has 2 N–H and O–H groups in total. The zero-order chi connectivity index (χ0) is 28.7. The van der Waals surface area contributed by atoms with Crippen molar-refractivity contribution in [1.29, 1.82) is 0 Å². The molecule has 1 aliphatic rings. The Labute approximate surface area is 221 Å². The van der Waals surface area contributed by atoms with Crippen molar-refractivity contribution in [1.82, 2.24) is 4.57 Å². The number of aryl methyl sites for hydroxylation is 1. The molecule has 0 bridgehead atoms. The summed E-state index contributed by atoms with van der Waals surface area (Å²) in [6.45, 7) is 7.39. The number of hydrogen-bond acceptors (Lipinski definition) is 5. The lowest BCUT2D eigenvalue weighted by Crippen LogP contribution is -2.18. The fourth-order valence-electron chi connectivity index (χ4n) is 3.24. The molecule has 0 saturated heterocycles. The average Bonchev–Trinajstić information content (AvgIpc) is 3.22. The standard InChI is InChI=1S/C21H21N3O3.C4H6F2.C2H6O.CH2O/c1-15-6-3-4-7-19(15)16(2)27-21(26)23-20-8-5-13-24(20)18-11-9-17(10-12-18)22-14-25;1-3-2-4(3,5)6;1-3-2;1-2/h3-14,16H,1-2H3,(H,22,25)(H,23,26);3H,2H2,1H3;1-2H3;1H2. The quantitative estimate of drug-likeness (QED) is 0.359. The molecule has 2 aromatic carbocycles. The molecule has 38 heavy (non-hydrogen) atoms. The molecular formula is C28H35F2N3O5. The van der Waals surface area contributed by atoms with Crippen LogP contribution >= 0.6 is 0 Å². The van der Waals surface area contributed by atoms with Gasteiger partial charge in [-0.25, -0.2) is 13.6 Å². The first-order chi connectivity index (χ1) is 18.1. The Kier molecular flexibility index (Phi) is 13.4. The number of carbonyl (C=O) groups excluding carboxylic acids is 3. The van der Waals surface area contributed by atoms with Crippen LogP contribution in [0.1, 0.15) is 37.5 Å². The van der Waals surface area contributed by atoms with Crippen molar-refractivity contribution < 1.29 is 32.6 Å². The number of rotatable bonds is 6. The van der Waals surface area contributed by atoms with Crippen molar-refractivity contribution in [2.45, 2.75) is 39.2 Å². The molecule has 2 unspecified atom stereocenters. The van der Waals surface area contributed by atoms with Gasteiger partial charge in [0.1, 0.15) is 18.7 Å². The summed E-state index contributed by atoms with van der Waals surface area (Å²) in [5, 5.41) is 5.37. The van der Waals surface area contributed by atoms with Crippen molar-refractivity contribution in [2.75, 3.05) is 24.9 Å². The Morgan fingerprint density at radius 1 is 1.11 bits per heavy atom. The minimum absolute atomic E-state index is 0.104. The Morgan fingerprint density at radius 2 is 1.66 bits per heavy atom. The van der Waals surface area contributed by atoms with E-state index in [0.717, 1.165) is 16.8 Å². The van der Waals surface area contributed by atoms with Gasteiger partial charge in [0.2, 0.25) is 6.41 Å². The topological polar surface area (TPSA) is 98.7 Å². The first-order valence-electron chi connectivity index (χ1n) is 11.7. The van der Waals surface area contributed by atoms with E-state index in [-0.39, 0.29) is 18.4 Å². The molecule has 1 aromatic heterocycles. The van der Waals surface area contributed by atoms with Crippen molar-refractivity contribution in [3.8, 4) is 5.69 Å². The highest BCUT2D eigenvalue weighted by Gasteiger charge is 2.53. The van der Waals surface area contributed by atoms with Crippen molar-refractivity contribution in [3.63, 3.8) is 0 Å². The zero-order valence-electron chi connectivity index (χ0n) is 22.2. The number of anilines is 2. The third-order valence-electron chi connectivity index (χ3n) is 5.40. The fourth-order valence-corrected chi connectivity index (χ4v) is 3.24. The SMILES string of the molecule is C=O.CC1CC1(F)F.COC.Cc1ccccc1C(C)OC(=O)Nc1cccn1-c1ccc(NC=O)cc1. The lowest BCUT2D eigenvalue weighted by Gasteiger charge is -2.17. The van der Waals surface area contributed by atoms with Gasteiger partial charge in [-0.3, -0.25) is 10.1 Å². The third-order valence-corrected chi connectivity index (χ3v) is 5.40. The van der Waals surface area contributed by atoms with Crippen LogP contribution in [0.25, 0.3) is 5.69 Å². The number of amides is 2. The Bertz CT molecular complexity index is 1140. The number of hydrogen-bond donors (Lipinski definition) is 2. The molecular weight excluding hydrogens is 496 g/mol. The van der Waals surface area contributed by atoms with Crippen LogP contribution in [0.3, 0.4) is 0 Å². The number of halogens is 2. The molecule has 1 aliphatic carbocycles. The molecule has 4 rings (SSSR count). The summed E-state index contributed by atoms with van der Waals surface area (Å²) in [6, 6.07) is 18.7. The van der Waals surface area contributed by atoms with Crippen LogP contribution < -0.4 is 10.6 Å². The minimum Gasteiger partial charge on any atom is -0.441 e. The highest BCUT2D eigenvalue weighted by molar-refractivity contribution is 5.84. The van der Waals surface area contributed by atoms with Gasteiger partial charge in [0.25, 0.3) is 5.92 Å². The normalized spacial score (nSPS) is 15.0. The number of benzene rings is 2. The molecule has 0 radical (unpaired) electrons. The average molecular weight is 532 g/mol. The number of methoxy groups -OCH3 is 1. The largest absolute Gasteiger partial charge is 0.441 e. The summed E-state index contributed by atoms with van der Waals surface area (Å²) in [5.74, 6) is -2.04. The second kappa shape index (κ2) is 15.9. The summed E-state index contributed by atoms with van der Waals surface area (Å²) in [4.78, 5) is 30.8. The molecule has 206 valence electrons. The Hall–Kier alpha value is -4.05. The van der Waals surface area contributed by atoms with Crippen LogP contribution in [0.2, 0.25) is 0 Å². The van der Waals surface area contributed by atoms with Crippen LogP contribution in [-0.4, -0.2) is 44.0 Å². The van der Waals surface area contributed by atoms with E-state index in [4.69, 9.17) is 9.53 Å². The number of aromatic nitrogens is 1. The third kappa shape index (κ3) is 10.1. The molecule has 10 heteroatoms. The predicted molar refractivity (Wildman–Crippen MR) is 144 cm³/mol. The van der Waals surface area contributed by atoms with E-state index >= 15 is 0 Å². The molecule has 1 fully saturated rings. The van der Waals surface area contributed by atoms with Gasteiger partial charge >= 0.3 is 6.09 Å². The molecule has 8 nitrogen and oxygen atoms in total. The highest BCUT2D eigenvalue weighted by atomic mass is 19.3. The van der Waals surface area contributed by atoms with E-state index in [9.17, 15) is 18.4 Å². The van der Waals surface area contributed by atoms with Gasteiger partial charge in [0.05, 0.1) is 0 Å². The van der Waals surface area contributed by atoms with E-state index in [1.54, 1.807) is 39.3 Å². The second-order valence-corrected chi connectivity index (χ2v) is 8.38. The summed E-state index contributed by atoms with van der Waals surface area (Å²) in [6.07, 6.45) is 1.69. The van der Waals surface area contributed by atoms with E-state index in [1.165, 1.54) is 0 Å². The van der Waals surface area contributed by atoms with Gasteiger partial charge < -0.3 is 24.2 Å². The van der Waals surface area contributed by atoms with Crippen molar-refractivity contribution in [3.05, 3.63) is 78.0 Å². The van der Waals surface area contributed by atoms with Crippen LogP contribution in [0.4, 0.5) is 25.1 Å². The first kappa shape index (κ1) is 32.0. The lowest BCUT2D eigenvalue weighted by molar-refractivity contribution is -0.105. The van der Waals surface area contributed by atoms with Gasteiger partial charge in [0, 0.05) is 44.1 Å². The van der Waals surface area contributed by atoms with Crippen LogP contribution in [0.15, 0.2) is 66.9 Å². The Balaban J connectivity index is 0.000000553. The molecule has 0 aliphatic heterocycles. The summed E-state index contributed by atoms with van der Waals surface area (Å²) in [7, 11) is 3.25. The molecule has 0 spiro atoms. The number of ether oxygens (including phenoxy) is 2. The van der Waals surface area contributed by atoms with E-state index in [2.05, 4.69) is 15.4 Å². The summed E-state index contributed by atoms with van der Waals surface area (Å²) < 4.78 is 34.6. The number of alkyl halides is 2. The summed E-state index contributed by atoms with van der Waals surface area (Å²) >= 11 is 0. The maximum absolute atomic E-state index is 12.3. The number of nitrogens with zero attached hydrogens (tertiary/aromatic N) is 1. The molecule has 3 aromatic rings. The molecule has 1 heterocycles. The maximum atomic E-state index is 12.3. The van der Waals surface area contributed by atoms with Crippen molar-refractivity contribution in [2.24, 2.45) is 5.92 Å². The predicted octanol–water partition coefficient (Wildman–Crippen LogP) is 6.40. The minimum atomic E-state index is -2.29. The van der Waals surface area contributed by atoms with Gasteiger partial charge in [-0.1, -0.05) is 31.2 Å². The van der Waals surface area contributed by atoms with Gasteiger partial charge in [-0.05, 0) is 61.4 Å². The highest BCUT2D eigenvalue weighted by Crippen LogP contribution is 2.47. The van der Waals surface area contributed by atoms with E-state index in [0.29, 0.717) is 17.9 Å². The molecule has 2 atom stereocenters. The summed E-state index contributed by atoms with van der Waals surface area (Å²) in [5.41, 5.74) is 3.59. The fraction of sp³-hybridized carbons (Fsp3) is 0.321. The van der Waals surface area contributed by atoms with Crippen LogP contribution in [-0.2, 0) is 19.1 Å². The van der Waals surface area contributed by atoms with Gasteiger partial charge in [-0.15, -0.1) is 0 Å². The van der Waals surface area contributed by atoms with Crippen LogP contribution in [0, 0.1) is 12.8 Å². The monoisotopic (exact) mass is 531 g/mol. The number of nitrogens with one attached hydrogen (secondary N) is 2. The van der Waals surface area contributed by atoms with Crippen molar-refractivity contribution >= 4 is 30.8 Å². The molecule has 2 amide bonds. The smallest absolute Gasteiger partial charge is 0.413 e. The lowest BCUT2D eigenvalue weighted by atomic mass is 10.1. The van der Waals surface area contributed by atoms with Gasteiger partial charge in [-0.2, -0.15) is 0 Å².